The van der Waals surface area contributed by atoms with Gasteiger partial charge in [0.15, 0.2) is 5.75 Å². The van der Waals surface area contributed by atoms with Crippen molar-refractivity contribution in [3.63, 3.8) is 0 Å². The minimum absolute atomic E-state index is 0.0871. The van der Waals surface area contributed by atoms with Gasteiger partial charge in [0.2, 0.25) is 11.6 Å². The van der Waals surface area contributed by atoms with Gasteiger partial charge >= 0.3 is 0 Å². The fourth-order valence-electron chi connectivity index (χ4n) is 2.02. The van der Waals surface area contributed by atoms with E-state index in [1.165, 1.54) is 0 Å². The highest BCUT2D eigenvalue weighted by Gasteiger charge is 2.16. The zero-order valence-corrected chi connectivity index (χ0v) is 11.4. The molecule has 3 aromatic rings. The summed E-state index contributed by atoms with van der Waals surface area (Å²) in [6.45, 7) is 1.88. The number of nitrogens with zero attached hydrogens (tertiary/aromatic N) is 2. The number of aromatic nitrogens is 1. The highest BCUT2D eigenvalue weighted by Crippen LogP contribution is 2.35. The summed E-state index contributed by atoms with van der Waals surface area (Å²) in [7, 11) is 0. The molecule has 0 aliphatic heterocycles. The van der Waals surface area contributed by atoms with Crippen molar-refractivity contribution in [1.82, 2.24) is 4.98 Å². The lowest BCUT2D eigenvalue weighted by atomic mass is 10.2. The molecule has 0 unspecified atom stereocenters. The lowest BCUT2D eigenvalue weighted by Crippen LogP contribution is -2.05. The van der Waals surface area contributed by atoms with E-state index in [1.54, 1.807) is 18.3 Å². The van der Waals surface area contributed by atoms with E-state index in [4.69, 9.17) is 20.1 Å². The van der Waals surface area contributed by atoms with Crippen molar-refractivity contribution in [3.8, 4) is 17.7 Å². The molecule has 21 heavy (non-hydrogen) atoms. The van der Waals surface area contributed by atoms with E-state index in [0.717, 1.165) is 10.9 Å². The van der Waals surface area contributed by atoms with Gasteiger partial charge in [-0.1, -0.05) is 18.2 Å². The van der Waals surface area contributed by atoms with Crippen molar-refractivity contribution in [2.45, 2.75) is 13.0 Å². The Morgan fingerprint density at radius 1 is 1.29 bits per heavy atom. The monoisotopic (exact) mass is 279 g/mol. The average molecular weight is 279 g/mol. The van der Waals surface area contributed by atoms with Gasteiger partial charge in [0, 0.05) is 18.3 Å². The molecule has 104 valence electrons. The van der Waals surface area contributed by atoms with Crippen LogP contribution in [0.4, 0.5) is 0 Å². The smallest absolute Gasteiger partial charge is 0.247 e. The second kappa shape index (κ2) is 5.27. The average Bonchev–Trinajstić information content (AvgIpc) is 2.86. The molecule has 0 radical (unpaired) electrons. The number of hydrogen-bond acceptors (Lipinski definition) is 5. The Morgan fingerprint density at radius 2 is 2.10 bits per heavy atom. The molecular formula is C16H13N3O2. The number of ether oxygens (including phenoxy) is 1. The summed E-state index contributed by atoms with van der Waals surface area (Å²) >= 11 is 0. The van der Waals surface area contributed by atoms with Gasteiger partial charge in [-0.2, -0.15) is 5.26 Å². The third-order valence-electron chi connectivity index (χ3n) is 3.14. The number of fused-ring (bicyclic) bond motifs is 1. The van der Waals surface area contributed by atoms with Crippen LogP contribution in [-0.4, -0.2) is 4.98 Å². The summed E-state index contributed by atoms with van der Waals surface area (Å²) in [6, 6.07) is 12.8. The van der Waals surface area contributed by atoms with E-state index in [9.17, 15) is 0 Å². The molecule has 2 aromatic heterocycles. The van der Waals surface area contributed by atoms with Crippen LogP contribution in [0, 0.1) is 11.3 Å². The van der Waals surface area contributed by atoms with Crippen LogP contribution in [0.2, 0.25) is 0 Å². The zero-order valence-electron chi connectivity index (χ0n) is 11.4. The van der Waals surface area contributed by atoms with Crippen LogP contribution in [0.1, 0.15) is 24.3 Å². The molecule has 0 aliphatic carbocycles. The summed E-state index contributed by atoms with van der Waals surface area (Å²) in [6.07, 6.45) is 1.66. The van der Waals surface area contributed by atoms with Gasteiger partial charge in [-0.05, 0) is 24.6 Å². The topological polar surface area (TPSA) is 85.1 Å². The molecule has 0 saturated carbocycles. The number of nitrogens with two attached hydrogens (primary N) is 1. The minimum atomic E-state index is -0.0871. The van der Waals surface area contributed by atoms with E-state index in [1.807, 2.05) is 37.3 Å². The molecule has 0 aliphatic rings. The number of rotatable bonds is 3. The van der Waals surface area contributed by atoms with Crippen molar-refractivity contribution in [3.05, 3.63) is 53.9 Å². The van der Waals surface area contributed by atoms with Crippen molar-refractivity contribution in [1.29, 1.82) is 5.26 Å². The molecule has 3 rings (SSSR count). The van der Waals surface area contributed by atoms with E-state index in [2.05, 4.69) is 4.98 Å². The van der Waals surface area contributed by atoms with Crippen LogP contribution < -0.4 is 10.5 Å². The van der Waals surface area contributed by atoms with E-state index in [-0.39, 0.29) is 11.8 Å². The van der Waals surface area contributed by atoms with Crippen LogP contribution in [0.5, 0.6) is 11.6 Å². The largest absolute Gasteiger partial charge is 0.442 e. The second-order valence-corrected chi connectivity index (χ2v) is 4.69. The molecule has 0 amide bonds. The Kier molecular flexibility index (Phi) is 3.30. The number of benzene rings is 1. The fourth-order valence-corrected chi connectivity index (χ4v) is 2.02. The Labute approximate surface area is 121 Å². The lowest BCUT2D eigenvalue weighted by Gasteiger charge is -2.06. The number of pyridine rings is 1. The van der Waals surface area contributed by atoms with Crippen LogP contribution in [0.15, 0.2) is 47.0 Å². The van der Waals surface area contributed by atoms with Crippen molar-refractivity contribution < 1.29 is 9.15 Å². The predicted octanol–water partition coefficient (Wildman–Crippen LogP) is 3.51. The Hall–Kier alpha value is -2.84. The lowest BCUT2D eigenvalue weighted by molar-refractivity contribution is 0.450. The molecule has 1 aromatic carbocycles. The molecule has 0 fully saturated rings. The van der Waals surface area contributed by atoms with Crippen LogP contribution >= 0.6 is 0 Å². The number of nitriles is 1. The maximum Gasteiger partial charge on any atom is 0.247 e. The number of para-hydroxylation sites is 1. The van der Waals surface area contributed by atoms with Crippen molar-refractivity contribution in [2.75, 3.05) is 0 Å². The number of furan rings is 1. The van der Waals surface area contributed by atoms with E-state index in [0.29, 0.717) is 17.2 Å². The minimum Gasteiger partial charge on any atom is -0.442 e. The third-order valence-corrected chi connectivity index (χ3v) is 3.14. The maximum atomic E-state index is 9.15. The molecule has 5 nitrogen and oxygen atoms in total. The second-order valence-electron chi connectivity index (χ2n) is 4.69. The first-order valence-corrected chi connectivity index (χ1v) is 6.50. The number of hydrogen-bond donors (Lipinski definition) is 1. The van der Waals surface area contributed by atoms with Gasteiger partial charge < -0.3 is 14.9 Å². The highest BCUT2D eigenvalue weighted by atomic mass is 16.5. The molecule has 0 saturated heterocycles. The first-order chi connectivity index (χ1) is 10.2. The van der Waals surface area contributed by atoms with Gasteiger partial charge in [0.1, 0.15) is 11.7 Å². The van der Waals surface area contributed by atoms with Crippen LogP contribution in [0.3, 0.4) is 0 Å². The maximum absolute atomic E-state index is 9.15. The Bertz CT molecular complexity index is 814. The molecule has 5 heteroatoms. The third kappa shape index (κ3) is 2.45. The Balaban J connectivity index is 1.99. The summed E-state index contributed by atoms with van der Waals surface area (Å²) in [4.78, 5) is 4.20. The zero-order chi connectivity index (χ0) is 14.8. The SMILES string of the molecule is C[C@H](N)c1ccc(Oc2c(C#N)oc3ccccc23)nc1. The molecular weight excluding hydrogens is 266 g/mol. The molecule has 1 atom stereocenters. The van der Waals surface area contributed by atoms with Crippen LogP contribution in [0.25, 0.3) is 11.0 Å². The quantitative estimate of drug-likeness (QED) is 0.792. The standard InChI is InChI=1S/C16H13N3O2/c1-10(18)11-6-7-15(19-9-11)21-16-12-4-2-3-5-13(12)20-14(16)8-17/h2-7,9-10H,18H2,1H3/t10-/m0/s1. The van der Waals surface area contributed by atoms with Gasteiger partial charge in [-0.3, -0.25) is 0 Å². The van der Waals surface area contributed by atoms with Gasteiger partial charge in [0.25, 0.3) is 0 Å². The van der Waals surface area contributed by atoms with E-state index < -0.39 is 0 Å². The first kappa shape index (κ1) is 13.2. The normalized spacial score (nSPS) is 12.0. The summed E-state index contributed by atoms with van der Waals surface area (Å²) in [5.41, 5.74) is 7.31. The van der Waals surface area contributed by atoms with Gasteiger partial charge in [0.05, 0.1) is 5.39 Å². The van der Waals surface area contributed by atoms with Crippen LogP contribution in [-0.2, 0) is 0 Å². The summed E-state index contributed by atoms with van der Waals surface area (Å²) in [5.74, 6) is 0.908. The molecule has 0 spiro atoms. The molecule has 0 bridgehead atoms. The predicted molar refractivity (Wildman–Crippen MR) is 77.8 cm³/mol. The van der Waals surface area contributed by atoms with Crippen molar-refractivity contribution in [2.24, 2.45) is 5.73 Å². The summed E-state index contributed by atoms with van der Waals surface area (Å²) < 4.78 is 11.2. The van der Waals surface area contributed by atoms with Crippen molar-refractivity contribution >= 4 is 11.0 Å². The van der Waals surface area contributed by atoms with Gasteiger partial charge in [-0.15, -0.1) is 0 Å². The summed E-state index contributed by atoms with van der Waals surface area (Å²) in [5, 5.41) is 9.90. The highest BCUT2D eigenvalue weighted by molar-refractivity contribution is 5.86. The Morgan fingerprint density at radius 3 is 2.76 bits per heavy atom. The van der Waals surface area contributed by atoms with Gasteiger partial charge in [-0.25, -0.2) is 4.98 Å². The van der Waals surface area contributed by atoms with E-state index >= 15 is 0 Å². The molecule has 2 heterocycles. The fraction of sp³-hybridized carbons (Fsp3) is 0.125. The first-order valence-electron chi connectivity index (χ1n) is 6.50. The molecule has 2 N–H and O–H groups in total.